The monoisotopic (exact) mass is 255 g/mol. The lowest BCUT2D eigenvalue weighted by Crippen LogP contribution is -2.07. The molecule has 5 heteroatoms. The molecule has 0 spiro atoms. The van der Waals surface area contributed by atoms with Crippen molar-refractivity contribution in [1.82, 2.24) is 19.1 Å². The first-order valence-corrected chi connectivity index (χ1v) is 6.40. The van der Waals surface area contributed by atoms with Crippen molar-refractivity contribution in [2.24, 2.45) is 5.73 Å². The predicted molar refractivity (Wildman–Crippen MR) is 74.6 cm³/mol. The number of pyridine rings is 1. The van der Waals surface area contributed by atoms with Gasteiger partial charge in [0.1, 0.15) is 11.5 Å². The fraction of sp³-hybridized carbons (Fsp3) is 0.286. The van der Waals surface area contributed by atoms with Crippen molar-refractivity contribution in [1.29, 1.82) is 0 Å². The molecule has 3 aromatic heterocycles. The minimum absolute atomic E-state index is 0.541. The molecular weight excluding hydrogens is 238 g/mol. The Bertz CT molecular complexity index is 695. The molecule has 19 heavy (non-hydrogen) atoms. The molecule has 5 nitrogen and oxygen atoms in total. The molecule has 0 saturated heterocycles. The fourth-order valence-corrected chi connectivity index (χ4v) is 2.38. The predicted octanol–water partition coefficient (Wildman–Crippen LogP) is 1.70. The van der Waals surface area contributed by atoms with Crippen molar-refractivity contribution >= 4 is 11.0 Å². The first-order chi connectivity index (χ1) is 9.29. The number of aromatic nitrogens is 4. The van der Waals surface area contributed by atoms with E-state index in [4.69, 9.17) is 5.73 Å². The van der Waals surface area contributed by atoms with Gasteiger partial charge in [0.15, 0.2) is 0 Å². The summed E-state index contributed by atoms with van der Waals surface area (Å²) in [7, 11) is 0. The van der Waals surface area contributed by atoms with Crippen molar-refractivity contribution in [3.8, 4) is 0 Å². The van der Waals surface area contributed by atoms with Crippen LogP contribution in [0.15, 0.2) is 36.9 Å². The molecule has 0 aromatic carbocycles. The third kappa shape index (κ3) is 2.13. The van der Waals surface area contributed by atoms with Crippen LogP contribution in [0.25, 0.3) is 11.0 Å². The molecule has 0 bridgehead atoms. The molecule has 0 unspecified atom stereocenters. The molecule has 0 atom stereocenters. The lowest BCUT2D eigenvalue weighted by atomic mass is 10.2. The van der Waals surface area contributed by atoms with Gasteiger partial charge in [-0.05, 0) is 24.6 Å². The Morgan fingerprint density at radius 1 is 1.16 bits per heavy atom. The van der Waals surface area contributed by atoms with E-state index in [1.165, 1.54) is 0 Å². The number of imidazole rings is 1. The Morgan fingerprint density at radius 3 is 2.74 bits per heavy atom. The maximum Gasteiger partial charge on any atom is 0.140 e. The van der Waals surface area contributed by atoms with Crippen LogP contribution in [0.3, 0.4) is 0 Å². The summed E-state index contributed by atoms with van der Waals surface area (Å²) in [4.78, 5) is 8.69. The highest BCUT2D eigenvalue weighted by Gasteiger charge is 2.08. The summed E-state index contributed by atoms with van der Waals surface area (Å²) in [6.45, 7) is 4.30. The van der Waals surface area contributed by atoms with Gasteiger partial charge in [0.05, 0.1) is 0 Å². The molecule has 0 aliphatic carbocycles. The van der Waals surface area contributed by atoms with Crippen LogP contribution < -0.4 is 5.73 Å². The van der Waals surface area contributed by atoms with E-state index in [-0.39, 0.29) is 0 Å². The van der Waals surface area contributed by atoms with Gasteiger partial charge in [-0.15, -0.1) is 0 Å². The molecule has 98 valence electrons. The number of fused-ring (bicyclic) bond motifs is 1. The van der Waals surface area contributed by atoms with Crippen molar-refractivity contribution < 1.29 is 0 Å². The molecule has 3 rings (SSSR count). The summed E-state index contributed by atoms with van der Waals surface area (Å²) in [5.41, 5.74) is 7.93. The van der Waals surface area contributed by atoms with E-state index in [0.29, 0.717) is 6.54 Å². The fourth-order valence-electron chi connectivity index (χ4n) is 2.38. The van der Waals surface area contributed by atoms with Crippen LogP contribution >= 0.6 is 0 Å². The van der Waals surface area contributed by atoms with Gasteiger partial charge in [-0.1, -0.05) is 0 Å². The van der Waals surface area contributed by atoms with E-state index >= 15 is 0 Å². The standard InChI is InChI=1S/C14H17N5/c1-11-16-5-6-18(11)7-8-19-10-12(9-15)13-3-2-4-17-14(13)19/h2-6,10H,7-9,15H2,1H3. The largest absolute Gasteiger partial charge is 0.333 e. The van der Waals surface area contributed by atoms with Gasteiger partial charge >= 0.3 is 0 Å². The van der Waals surface area contributed by atoms with Gasteiger partial charge in [-0.2, -0.15) is 0 Å². The Hall–Kier alpha value is -2.14. The highest BCUT2D eigenvalue weighted by molar-refractivity contribution is 5.80. The molecule has 3 heterocycles. The normalized spacial score (nSPS) is 11.3. The van der Waals surface area contributed by atoms with Gasteiger partial charge in [0, 0.05) is 49.8 Å². The lowest BCUT2D eigenvalue weighted by molar-refractivity contribution is 0.577. The van der Waals surface area contributed by atoms with E-state index in [1.54, 1.807) is 0 Å². The summed E-state index contributed by atoms with van der Waals surface area (Å²) < 4.78 is 4.30. The van der Waals surface area contributed by atoms with Gasteiger partial charge < -0.3 is 14.9 Å². The third-order valence-electron chi connectivity index (χ3n) is 3.44. The first kappa shape index (κ1) is 11.9. The maximum absolute atomic E-state index is 5.79. The van der Waals surface area contributed by atoms with Crippen LogP contribution in [-0.2, 0) is 19.6 Å². The van der Waals surface area contributed by atoms with Crippen LogP contribution in [-0.4, -0.2) is 19.1 Å². The second kappa shape index (κ2) is 4.85. The van der Waals surface area contributed by atoms with Crippen molar-refractivity contribution in [3.63, 3.8) is 0 Å². The highest BCUT2D eigenvalue weighted by Crippen LogP contribution is 2.18. The molecule has 0 aliphatic rings. The number of nitrogens with zero attached hydrogens (tertiary/aromatic N) is 4. The van der Waals surface area contributed by atoms with Crippen LogP contribution in [0.2, 0.25) is 0 Å². The smallest absolute Gasteiger partial charge is 0.140 e. The number of nitrogens with two attached hydrogens (primary N) is 1. The Kier molecular flexibility index (Phi) is 3.05. The van der Waals surface area contributed by atoms with Crippen molar-refractivity contribution in [3.05, 3.63) is 48.3 Å². The van der Waals surface area contributed by atoms with E-state index in [2.05, 4.69) is 31.4 Å². The molecule has 0 amide bonds. The number of hydrogen-bond donors (Lipinski definition) is 1. The lowest BCUT2D eigenvalue weighted by Gasteiger charge is -2.07. The minimum Gasteiger partial charge on any atom is -0.333 e. The number of hydrogen-bond acceptors (Lipinski definition) is 3. The number of rotatable bonds is 4. The first-order valence-electron chi connectivity index (χ1n) is 6.40. The van der Waals surface area contributed by atoms with Crippen LogP contribution in [0.4, 0.5) is 0 Å². The molecule has 0 aliphatic heterocycles. The highest BCUT2D eigenvalue weighted by atomic mass is 15.1. The molecular formula is C14H17N5. The second-order valence-electron chi connectivity index (χ2n) is 4.59. The zero-order valence-electron chi connectivity index (χ0n) is 11.0. The van der Waals surface area contributed by atoms with Crippen LogP contribution in [0.1, 0.15) is 11.4 Å². The SMILES string of the molecule is Cc1nccn1CCn1cc(CN)c2cccnc21. The second-order valence-corrected chi connectivity index (χ2v) is 4.59. The molecule has 0 radical (unpaired) electrons. The molecule has 3 aromatic rings. The summed E-state index contributed by atoms with van der Waals surface area (Å²) in [5, 5.41) is 1.15. The van der Waals surface area contributed by atoms with E-state index < -0.39 is 0 Å². The van der Waals surface area contributed by atoms with Crippen LogP contribution in [0, 0.1) is 6.92 Å². The van der Waals surface area contributed by atoms with Gasteiger partial charge in [-0.3, -0.25) is 0 Å². The summed E-state index contributed by atoms with van der Waals surface area (Å²) in [5.74, 6) is 1.03. The van der Waals surface area contributed by atoms with E-state index in [9.17, 15) is 0 Å². The number of aryl methyl sites for hydroxylation is 3. The molecule has 0 saturated carbocycles. The minimum atomic E-state index is 0.541. The van der Waals surface area contributed by atoms with Gasteiger partial charge in [0.25, 0.3) is 0 Å². The summed E-state index contributed by atoms with van der Waals surface area (Å²) in [6, 6.07) is 4.02. The Labute approximate surface area is 111 Å². The average molecular weight is 255 g/mol. The maximum atomic E-state index is 5.79. The zero-order valence-corrected chi connectivity index (χ0v) is 11.0. The van der Waals surface area contributed by atoms with Crippen LogP contribution in [0.5, 0.6) is 0 Å². The Morgan fingerprint density at radius 2 is 2.00 bits per heavy atom. The van der Waals surface area contributed by atoms with E-state index in [1.807, 2.05) is 31.6 Å². The average Bonchev–Trinajstić information content (AvgIpc) is 3.00. The third-order valence-corrected chi connectivity index (χ3v) is 3.44. The van der Waals surface area contributed by atoms with Crippen molar-refractivity contribution in [2.75, 3.05) is 0 Å². The van der Waals surface area contributed by atoms with Gasteiger partial charge in [0.2, 0.25) is 0 Å². The quantitative estimate of drug-likeness (QED) is 0.772. The zero-order chi connectivity index (χ0) is 13.2. The van der Waals surface area contributed by atoms with Crippen molar-refractivity contribution in [2.45, 2.75) is 26.6 Å². The topological polar surface area (TPSA) is 61.7 Å². The summed E-state index contributed by atoms with van der Waals surface area (Å²) in [6.07, 6.45) is 7.75. The Balaban J connectivity index is 1.91. The molecule has 2 N–H and O–H groups in total. The molecule has 0 fully saturated rings. The summed E-state index contributed by atoms with van der Waals surface area (Å²) >= 11 is 0. The van der Waals surface area contributed by atoms with E-state index in [0.717, 1.165) is 35.5 Å². The van der Waals surface area contributed by atoms with Gasteiger partial charge in [-0.25, -0.2) is 9.97 Å².